The Labute approximate surface area is 112 Å². The summed E-state index contributed by atoms with van der Waals surface area (Å²) in [5, 5.41) is 9.78. The quantitative estimate of drug-likeness (QED) is 0.904. The fourth-order valence-corrected chi connectivity index (χ4v) is 2.54. The Bertz CT molecular complexity index is 427. The maximum absolute atomic E-state index is 13.3. The van der Waals surface area contributed by atoms with Crippen LogP contribution in [0.1, 0.15) is 18.6 Å². The fraction of sp³-hybridized carbons (Fsp3) is 0.571. The van der Waals surface area contributed by atoms with Gasteiger partial charge in [0.05, 0.1) is 6.10 Å². The number of aliphatic hydroxyl groups is 1. The molecule has 106 valence electrons. The minimum Gasteiger partial charge on any atom is -0.389 e. The van der Waals surface area contributed by atoms with E-state index in [1.807, 2.05) is 0 Å². The van der Waals surface area contributed by atoms with E-state index in [0.29, 0.717) is 18.7 Å². The van der Waals surface area contributed by atoms with Crippen LogP contribution in [-0.2, 0) is 9.47 Å². The van der Waals surface area contributed by atoms with Crippen LogP contribution < -0.4 is 4.90 Å². The molecule has 1 saturated heterocycles. The Morgan fingerprint density at radius 2 is 1.84 bits per heavy atom. The summed E-state index contributed by atoms with van der Waals surface area (Å²) in [4.78, 5) is 2.06. The highest BCUT2D eigenvalue weighted by Gasteiger charge is 2.34. The first kappa shape index (κ1) is 14.2. The second-order valence-corrected chi connectivity index (χ2v) is 4.83. The van der Waals surface area contributed by atoms with Crippen molar-refractivity contribution in [2.45, 2.75) is 25.2 Å². The molecule has 0 amide bonds. The van der Waals surface area contributed by atoms with Gasteiger partial charge in [-0.25, -0.2) is 4.39 Å². The lowest BCUT2D eigenvalue weighted by molar-refractivity contribution is -0.00461. The van der Waals surface area contributed by atoms with Crippen molar-refractivity contribution >= 4 is 5.69 Å². The predicted molar refractivity (Wildman–Crippen MR) is 70.8 cm³/mol. The molecule has 4 nitrogen and oxygen atoms in total. The van der Waals surface area contributed by atoms with Gasteiger partial charge in [0, 0.05) is 38.6 Å². The van der Waals surface area contributed by atoms with E-state index < -0.39 is 6.10 Å². The third kappa shape index (κ3) is 2.88. The SMILES string of the molecule is COC1CN(c2ccc(F)cc2[C@@H](C)O)CC1OC. The van der Waals surface area contributed by atoms with E-state index in [1.54, 1.807) is 27.2 Å². The Kier molecular flexibility index (Phi) is 4.39. The van der Waals surface area contributed by atoms with Crippen molar-refractivity contribution < 1.29 is 19.0 Å². The molecule has 1 N–H and O–H groups in total. The number of halogens is 1. The van der Waals surface area contributed by atoms with Crippen LogP contribution in [0.3, 0.4) is 0 Å². The Morgan fingerprint density at radius 3 is 2.32 bits per heavy atom. The molecular formula is C14H20FNO3. The molecule has 19 heavy (non-hydrogen) atoms. The first-order valence-electron chi connectivity index (χ1n) is 6.35. The van der Waals surface area contributed by atoms with Gasteiger partial charge in [-0.05, 0) is 25.1 Å². The van der Waals surface area contributed by atoms with Crippen molar-refractivity contribution in [3.05, 3.63) is 29.6 Å². The molecule has 1 aromatic rings. The zero-order valence-electron chi connectivity index (χ0n) is 11.5. The molecule has 1 fully saturated rings. The summed E-state index contributed by atoms with van der Waals surface area (Å²) < 4.78 is 24.1. The fourth-order valence-electron chi connectivity index (χ4n) is 2.54. The lowest BCUT2D eigenvalue weighted by Gasteiger charge is -2.23. The number of ether oxygens (including phenoxy) is 2. The average Bonchev–Trinajstić information content (AvgIpc) is 2.81. The highest BCUT2D eigenvalue weighted by molar-refractivity contribution is 5.56. The standard InChI is InChI=1S/C14H20FNO3/c1-9(17)11-6-10(15)4-5-12(11)16-7-13(18-2)14(8-16)19-3/h4-6,9,13-14,17H,7-8H2,1-3H3/t9-,13?,14?/m1/s1. The van der Waals surface area contributed by atoms with Crippen LogP contribution in [0.4, 0.5) is 10.1 Å². The molecule has 1 aromatic carbocycles. The number of benzene rings is 1. The van der Waals surface area contributed by atoms with E-state index >= 15 is 0 Å². The molecule has 0 saturated carbocycles. The van der Waals surface area contributed by atoms with Crippen molar-refractivity contribution in [2.75, 3.05) is 32.2 Å². The number of rotatable bonds is 4. The molecule has 2 unspecified atom stereocenters. The van der Waals surface area contributed by atoms with Gasteiger partial charge in [0.2, 0.25) is 0 Å². The van der Waals surface area contributed by atoms with Gasteiger partial charge in [0.1, 0.15) is 18.0 Å². The summed E-state index contributed by atoms with van der Waals surface area (Å²) in [6.45, 7) is 2.97. The summed E-state index contributed by atoms with van der Waals surface area (Å²) in [6, 6.07) is 4.48. The van der Waals surface area contributed by atoms with E-state index in [-0.39, 0.29) is 18.0 Å². The number of aliphatic hydroxyl groups excluding tert-OH is 1. The van der Waals surface area contributed by atoms with Crippen molar-refractivity contribution in [3.63, 3.8) is 0 Å². The molecular weight excluding hydrogens is 249 g/mol. The molecule has 0 spiro atoms. The van der Waals surface area contributed by atoms with Crippen LogP contribution in [-0.4, -0.2) is 44.6 Å². The number of anilines is 1. The first-order valence-corrected chi connectivity index (χ1v) is 6.35. The first-order chi connectivity index (χ1) is 9.06. The molecule has 3 atom stereocenters. The molecule has 1 aliphatic heterocycles. The molecule has 0 radical (unpaired) electrons. The van der Waals surface area contributed by atoms with Crippen molar-refractivity contribution in [2.24, 2.45) is 0 Å². The third-order valence-corrected chi connectivity index (χ3v) is 3.60. The van der Waals surface area contributed by atoms with Gasteiger partial charge in [0.25, 0.3) is 0 Å². The maximum Gasteiger partial charge on any atom is 0.123 e. The van der Waals surface area contributed by atoms with Crippen LogP contribution >= 0.6 is 0 Å². The lowest BCUT2D eigenvalue weighted by atomic mass is 10.1. The predicted octanol–water partition coefficient (Wildman–Crippen LogP) is 1.73. The summed E-state index contributed by atoms with van der Waals surface area (Å²) in [5.41, 5.74) is 1.42. The lowest BCUT2D eigenvalue weighted by Crippen LogP contribution is -2.27. The molecule has 1 heterocycles. The molecule has 5 heteroatoms. The van der Waals surface area contributed by atoms with Gasteiger partial charge in [-0.1, -0.05) is 0 Å². The zero-order chi connectivity index (χ0) is 14.0. The van der Waals surface area contributed by atoms with Gasteiger partial charge in [0.15, 0.2) is 0 Å². The van der Waals surface area contributed by atoms with Crippen molar-refractivity contribution in [1.82, 2.24) is 0 Å². The molecule has 0 bridgehead atoms. The van der Waals surface area contributed by atoms with E-state index in [4.69, 9.17) is 9.47 Å². The van der Waals surface area contributed by atoms with Crippen molar-refractivity contribution in [1.29, 1.82) is 0 Å². The molecule has 0 aromatic heterocycles. The molecule has 0 aliphatic carbocycles. The Balaban J connectivity index is 2.28. The Morgan fingerprint density at radius 1 is 1.26 bits per heavy atom. The van der Waals surface area contributed by atoms with Crippen LogP contribution in [0.25, 0.3) is 0 Å². The smallest absolute Gasteiger partial charge is 0.123 e. The number of nitrogens with zero attached hydrogens (tertiary/aromatic N) is 1. The molecule has 2 rings (SSSR count). The van der Waals surface area contributed by atoms with E-state index in [2.05, 4.69) is 4.90 Å². The normalized spacial score (nSPS) is 24.8. The topological polar surface area (TPSA) is 41.9 Å². The van der Waals surface area contributed by atoms with Gasteiger partial charge in [-0.2, -0.15) is 0 Å². The van der Waals surface area contributed by atoms with Gasteiger partial charge < -0.3 is 19.5 Å². The number of hydrogen-bond donors (Lipinski definition) is 1. The number of methoxy groups -OCH3 is 2. The van der Waals surface area contributed by atoms with Crippen LogP contribution in [0.2, 0.25) is 0 Å². The minimum atomic E-state index is -0.715. The largest absolute Gasteiger partial charge is 0.389 e. The van der Waals surface area contributed by atoms with E-state index in [9.17, 15) is 9.50 Å². The number of hydrogen-bond acceptors (Lipinski definition) is 4. The third-order valence-electron chi connectivity index (χ3n) is 3.60. The van der Waals surface area contributed by atoms with Crippen molar-refractivity contribution in [3.8, 4) is 0 Å². The van der Waals surface area contributed by atoms with Crippen LogP contribution in [0, 0.1) is 5.82 Å². The van der Waals surface area contributed by atoms with Crippen LogP contribution in [0.15, 0.2) is 18.2 Å². The highest BCUT2D eigenvalue weighted by Crippen LogP contribution is 2.31. The average molecular weight is 269 g/mol. The highest BCUT2D eigenvalue weighted by atomic mass is 19.1. The summed E-state index contributed by atoms with van der Waals surface area (Å²) in [5.74, 6) is -0.342. The van der Waals surface area contributed by atoms with E-state index in [0.717, 1.165) is 5.69 Å². The summed E-state index contributed by atoms with van der Waals surface area (Å²) in [6.07, 6.45) is -0.748. The molecule has 1 aliphatic rings. The minimum absolute atomic E-state index is 0.0168. The van der Waals surface area contributed by atoms with Crippen LogP contribution in [0.5, 0.6) is 0 Å². The second kappa shape index (κ2) is 5.86. The zero-order valence-corrected chi connectivity index (χ0v) is 11.5. The Hall–Kier alpha value is -1.17. The maximum atomic E-state index is 13.3. The van der Waals surface area contributed by atoms with Gasteiger partial charge >= 0.3 is 0 Å². The van der Waals surface area contributed by atoms with E-state index in [1.165, 1.54) is 12.1 Å². The van der Waals surface area contributed by atoms with Gasteiger partial charge in [-0.15, -0.1) is 0 Å². The second-order valence-electron chi connectivity index (χ2n) is 4.83. The summed E-state index contributed by atoms with van der Waals surface area (Å²) >= 11 is 0. The monoisotopic (exact) mass is 269 g/mol. The summed E-state index contributed by atoms with van der Waals surface area (Å²) in [7, 11) is 3.31. The van der Waals surface area contributed by atoms with Gasteiger partial charge in [-0.3, -0.25) is 0 Å².